The zero-order chi connectivity index (χ0) is 22.6. The van der Waals surface area contributed by atoms with Crippen molar-refractivity contribution in [1.29, 1.82) is 0 Å². The Morgan fingerprint density at radius 1 is 1.13 bits per heavy atom. The molecule has 168 valence electrons. The lowest BCUT2D eigenvalue weighted by Gasteiger charge is -2.27. The van der Waals surface area contributed by atoms with Crippen molar-refractivity contribution in [3.05, 3.63) is 47.3 Å². The largest absolute Gasteiger partial charge is 0.299 e. The van der Waals surface area contributed by atoms with E-state index < -0.39 is 0 Å². The standard InChI is InChI=1S/C28H45NO/c1-8-18-28(6,7)27(30)25(5)20-23(3)15-11-13-22(2)14-12-16-24(4)21-26-17-9-10-19-29-26/h9-10,14,17,19,21,23,25H,8,11-13,15-16,18,20H2,1-7H3/b22-14+,24-21+. The van der Waals surface area contributed by atoms with Crippen molar-refractivity contribution in [2.75, 3.05) is 0 Å². The van der Waals surface area contributed by atoms with Gasteiger partial charge in [0.15, 0.2) is 0 Å². The van der Waals surface area contributed by atoms with Gasteiger partial charge in [0.25, 0.3) is 0 Å². The molecule has 2 unspecified atom stereocenters. The molecule has 0 fully saturated rings. The van der Waals surface area contributed by atoms with Gasteiger partial charge < -0.3 is 0 Å². The molecule has 0 saturated carbocycles. The molecule has 0 aromatic carbocycles. The third-order valence-corrected chi connectivity index (χ3v) is 6.13. The molecular weight excluding hydrogens is 366 g/mol. The fraction of sp³-hybridized carbons (Fsp3) is 0.643. The van der Waals surface area contributed by atoms with Crippen LogP contribution in [0.25, 0.3) is 6.08 Å². The van der Waals surface area contributed by atoms with Gasteiger partial charge in [0, 0.05) is 17.5 Å². The Morgan fingerprint density at radius 2 is 1.87 bits per heavy atom. The molecule has 0 aliphatic heterocycles. The first-order valence-corrected chi connectivity index (χ1v) is 11.9. The fourth-order valence-corrected chi connectivity index (χ4v) is 4.41. The normalized spacial score (nSPS) is 15.2. The van der Waals surface area contributed by atoms with Gasteiger partial charge in [0.2, 0.25) is 0 Å². The van der Waals surface area contributed by atoms with Crippen LogP contribution in [0.2, 0.25) is 0 Å². The number of rotatable bonds is 14. The van der Waals surface area contributed by atoms with Gasteiger partial charge in [-0.05, 0) is 76.5 Å². The highest BCUT2D eigenvalue weighted by Crippen LogP contribution is 2.30. The van der Waals surface area contributed by atoms with E-state index in [0.29, 0.717) is 11.7 Å². The monoisotopic (exact) mass is 411 g/mol. The lowest BCUT2D eigenvalue weighted by atomic mass is 9.76. The third kappa shape index (κ3) is 10.4. The highest BCUT2D eigenvalue weighted by atomic mass is 16.1. The molecule has 0 radical (unpaired) electrons. The summed E-state index contributed by atoms with van der Waals surface area (Å²) in [4.78, 5) is 17.1. The second-order valence-electron chi connectivity index (χ2n) is 9.97. The predicted molar refractivity (Wildman–Crippen MR) is 131 cm³/mol. The van der Waals surface area contributed by atoms with Gasteiger partial charge in [-0.3, -0.25) is 9.78 Å². The van der Waals surface area contributed by atoms with E-state index in [1.54, 1.807) is 0 Å². The van der Waals surface area contributed by atoms with Crippen LogP contribution < -0.4 is 0 Å². The average molecular weight is 412 g/mol. The van der Waals surface area contributed by atoms with Gasteiger partial charge in [0.1, 0.15) is 5.78 Å². The van der Waals surface area contributed by atoms with Gasteiger partial charge in [-0.1, -0.05) is 70.7 Å². The molecule has 0 N–H and O–H groups in total. The molecule has 2 nitrogen and oxygen atoms in total. The summed E-state index contributed by atoms with van der Waals surface area (Å²) in [5, 5.41) is 0. The number of aromatic nitrogens is 1. The molecule has 1 heterocycles. The highest BCUT2D eigenvalue weighted by Gasteiger charge is 2.30. The summed E-state index contributed by atoms with van der Waals surface area (Å²) in [5.41, 5.74) is 3.73. The number of carbonyl (C=O) groups excluding carboxylic acids is 1. The summed E-state index contributed by atoms with van der Waals surface area (Å²) in [7, 11) is 0. The van der Waals surface area contributed by atoms with Crippen LogP contribution in [0.15, 0.2) is 41.6 Å². The minimum Gasteiger partial charge on any atom is -0.299 e. The van der Waals surface area contributed by atoms with E-state index in [4.69, 9.17) is 0 Å². The van der Waals surface area contributed by atoms with Crippen molar-refractivity contribution in [3.8, 4) is 0 Å². The Kier molecular flexibility index (Phi) is 11.9. The van der Waals surface area contributed by atoms with E-state index in [-0.39, 0.29) is 11.3 Å². The number of Topliss-reactive ketones (excluding diaryl/α,β-unsaturated/α-hetero) is 1. The average Bonchev–Trinajstić information content (AvgIpc) is 2.68. The van der Waals surface area contributed by atoms with E-state index in [1.165, 1.54) is 24.0 Å². The third-order valence-electron chi connectivity index (χ3n) is 6.13. The molecule has 0 aliphatic carbocycles. The summed E-state index contributed by atoms with van der Waals surface area (Å²) in [5.74, 6) is 1.23. The highest BCUT2D eigenvalue weighted by molar-refractivity contribution is 5.86. The van der Waals surface area contributed by atoms with Crippen molar-refractivity contribution in [2.24, 2.45) is 17.3 Å². The van der Waals surface area contributed by atoms with Crippen LogP contribution in [0, 0.1) is 17.3 Å². The molecule has 0 spiro atoms. The zero-order valence-electron chi connectivity index (χ0n) is 20.6. The number of pyridine rings is 1. The smallest absolute Gasteiger partial charge is 0.141 e. The number of hydrogen-bond acceptors (Lipinski definition) is 2. The minimum atomic E-state index is -0.170. The topological polar surface area (TPSA) is 30.0 Å². The Labute approximate surface area is 186 Å². The van der Waals surface area contributed by atoms with E-state index in [1.807, 2.05) is 24.4 Å². The number of allylic oxidation sites excluding steroid dienone is 3. The molecule has 0 aliphatic rings. The van der Waals surface area contributed by atoms with Gasteiger partial charge in [-0.2, -0.15) is 0 Å². The molecule has 0 bridgehead atoms. The maximum absolute atomic E-state index is 12.7. The Balaban J connectivity index is 2.31. The molecule has 1 rings (SSSR count). The summed E-state index contributed by atoms with van der Waals surface area (Å²) in [6, 6.07) is 6.02. The van der Waals surface area contributed by atoms with Gasteiger partial charge in [0.05, 0.1) is 5.69 Å². The molecule has 2 heteroatoms. The molecule has 2 atom stereocenters. The zero-order valence-corrected chi connectivity index (χ0v) is 20.6. The lowest BCUT2D eigenvalue weighted by molar-refractivity contribution is -0.131. The van der Waals surface area contributed by atoms with Crippen LogP contribution in [0.5, 0.6) is 0 Å². The van der Waals surface area contributed by atoms with Gasteiger partial charge in [-0.15, -0.1) is 0 Å². The van der Waals surface area contributed by atoms with Crippen molar-refractivity contribution in [3.63, 3.8) is 0 Å². The second kappa shape index (κ2) is 13.6. The van der Waals surface area contributed by atoms with Gasteiger partial charge >= 0.3 is 0 Å². The first-order chi connectivity index (χ1) is 14.2. The van der Waals surface area contributed by atoms with Crippen LogP contribution in [-0.2, 0) is 4.79 Å². The lowest BCUT2D eigenvalue weighted by Crippen LogP contribution is -2.30. The molecule has 0 amide bonds. The molecule has 0 saturated heterocycles. The van der Waals surface area contributed by atoms with E-state index in [0.717, 1.165) is 44.2 Å². The van der Waals surface area contributed by atoms with Crippen LogP contribution in [0.3, 0.4) is 0 Å². The van der Waals surface area contributed by atoms with E-state index in [2.05, 4.69) is 65.6 Å². The summed E-state index contributed by atoms with van der Waals surface area (Å²) < 4.78 is 0. The van der Waals surface area contributed by atoms with Crippen LogP contribution >= 0.6 is 0 Å². The maximum Gasteiger partial charge on any atom is 0.141 e. The molecular formula is C28H45NO. The maximum atomic E-state index is 12.7. The van der Waals surface area contributed by atoms with Crippen molar-refractivity contribution in [1.82, 2.24) is 4.98 Å². The summed E-state index contributed by atoms with van der Waals surface area (Å²) >= 11 is 0. The van der Waals surface area contributed by atoms with Crippen molar-refractivity contribution >= 4 is 11.9 Å². The first-order valence-electron chi connectivity index (χ1n) is 11.9. The quantitative estimate of drug-likeness (QED) is 0.287. The van der Waals surface area contributed by atoms with Crippen molar-refractivity contribution < 1.29 is 4.79 Å². The van der Waals surface area contributed by atoms with Crippen LogP contribution in [0.1, 0.15) is 106 Å². The van der Waals surface area contributed by atoms with Crippen LogP contribution in [0.4, 0.5) is 0 Å². The number of nitrogens with zero attached hydrogens (tertiary/aromatic N) is 1. The molecule has 1 aromatic heterocycles. The van der Waals surface area contributed by atoms with E-state index >= 15 is 0 Å². The summed E-state index contributed by atoms with van der Waals surface area (Å²) in [6.45, 7) is 15.3. The Morgan fingerprint density at radius 3 is 2.50 bits per heavy atom. The van der Waals surface area contributed by atoms with Crippen molar-refractivity contribution in [2.45, 2.75) is 99.8 Å². The SMILES string of the molecule is CCCC(C)(C)C(=O)C(C)CC(C)CCC/C(C)=C/CC/C(C)=C/c1ccccn1. The minimum absolute atomic E-state index is 0.170. The molecule has 30 heavy (non-hydrogen) atoms. The summed E-state index contributed by atoms with van der Waals surface area (Å²) in [6.07, 6.45) is 15.2. The fourth-order valence-electron chi connectivity index (χ4n) is 4.41. The van der Waals surface area contributed by atoms with Gasteiger partial charge in [-0.25, -0.2) is 0 Å². The molecule has 1 aromatic rings. The first kappa shape index (κ1) is 26.3. The number of carbonyl (C=O) groups is 1. The van der Waals surface area contributed by atoms with Crippen LogP contribution in [-0.4, -0.2) is 10.8 Å². The predicted octanol–water partition coefficient (Wildman–Crippen LogP) is 8.44. The number of hydrogen-bond donors (Lipinski definition) is 0. The second-order valence-corrected chi connectivity index (χ2v) is 9.97. The Bertz CT molecular complexity index is 684. The van der Waals surface area contributed by atoms with E-state index in [9.17, 15) is 4.79 Å². The number of ketones is 1. The Hall–Kier alpha value is -1.70.